The highest BCUT2D eigenvalue weighted by atomic mass is 16.5. The van der Waals surface area contributed by atoms with Crippen molar-refractivity contribution in [1.82, 2.24) is 9.55 Å². The molecule has 0 fully saturated rings. The van der Waals surface area contributed by atoms with E-state index in [1.165, 1.54) is 0 Å². The van der Waals surface area contributed by atoms with E-state index < -0.39 is 0 Å². The molecule has 0 radical (unpaired) electrons. The fraction of sp³-hybridized carbons (Fsp3) is 0.125. The van der Waals surface area contributed by atoms with Gasteiger partial charge in [-0.3, -0.25) is 9.36 Å². The molecule has 0 bridgehead atoms. The van der Waals surface area contributed by atoms with E-state index >= 15 is 0 Å². The van der Waals surface area contributed by atoms with E-state index in [0.717, 1.165) is 33.7 Å². The number of imidazole rings is 1. The molecule has 0 saturated carbocycles. The molecule has 0 spiro atoms. The smallest absolute Gasteiger partial charge is 0.237 e. The second-order valence-corrected chi connectivity index (χ2v) is 4.85. The number of benzene rings is 2. The molecule has 4 heteroatoms. The Labute approximate surface area is 115 Å². The molecular weight excluding hydrogens is 252 g/mol. The summed E-state index contributed by atoms with van der Waals surface area (Å²) in [5.41, 5.74) is 3.69. The van der Waals surface area contributed by atoms with Gasteiger partial charge in [0.05, 0.1) is 24.6 Å². The Morgan fingerprint density at radius 3 is 2.90 bits per heavy atom. The van der Waals surface area contributed by atoms with Crippen LogP contribution < -0.4 is 4.74 Å². The van der Waals surface area contributed by atoms with Gasteiger partial charge in [0.1, 0.15) is 11.6 Å². The molecule has 20 heavy (non-hydrogen) atoms. The molecule has 0 unspecified atom stereocenters. The molecule has 1 aromatic heterocycles. The van der Waals surface area contributed by atoms with E-state index in [4.69, 9.17) is 4.74 Å². The molecule has 2 aromatic carbocycles. The van der Waals surface area contributed by atoms with Crippen molar-refractivity contribution in [2.24, 2.45) is 0 Å². The van der Waals surface area contributed by atoms with Crippen LogP contribution >= 0.6 is 0 Å². The monoisotopic (exact) mass is 264 g/mol. The average Bonchev–Trinajstić information content (AvgIpc) is 2.86. The number of rotatable bonds is 1. The first kappa shape index (κ1) is 11.2. The van der Waals surface area contributed by atoms with Crippen LogP contribution in [0.5, 0.6) is 5.75 Å². The lowest BCUT2D eigenvalue weighted by Gasteiger charge is -2.17. The fourth-order valence-electron chi connectivity index (χ4n) is 2.76. The number of hydrogen-bond acceptors (Lipinski definition) is 3. The van der Waals surface area contributed by atoms with Gasteiger partial charge in [0.15, 0.2) is 0 Å². The van der Waals surface area contributed by atoms with Gasteiger partial charge < -0.3 is 4.74 Å². The minimum atomic E-state index is 0.0504. The van der Waals surface area contributed by atoms with E-state index in [1.807, 2.05) is 42.5 Å². The van der Waals surface area contributed by atoms with Crippen LogP contribution in [0.15, 0.2) is 42.5 Å². The summed E-state index contributed by atoms with van der Waals surface area (Å²) in [6.45, 7) is 0. The molecule has 0 aliphatic carbocycles. The maximum absolute atomic E-state index is 12.4. The summed E-state index contributed by atoms with van der Waals surface area (Å²) in [5.74, 6) is 1.54. The summed E-state index contributed by atoms with van der Waals surface area (Å²) in [6, 6.07) is 13.5. The van der Waals surface area contributed by atoms with Crippen molar-refractivity contribution in [2.75, 3.05) is 7.11 Å². The molecule has 4 nitrogen and oxygen atoms in total. The van der Waals surface area contributed by atoms with Gasteiger partial charge in [-0.15, -0.1) is 0 Å². The third-order valence-electron chi connectivity index (χ3n) is 3.71. The molecule has 0 saturated heterocycles. The lowest BCUT2D eigenvalue weighted by molar-refractivity contribution is 0.0917. The molecule has 0 N–H and O–H groups in total. The molecule has 2 heterocycles. The minimum absolute atomic E-state index is 0.0504. The van der Waals surface area contributed by atoms with Crippen molar-refractivity contribution in [3.8, 4) is 17.1 Å². The highest BCUT2D eigenvalue weighted by Gasteiger charge is 2.26. The van der Waals surface area contributed by atoms with E-state index in [9.17, 15) is 4.79 Å². The summed E-state index contributed by atoms with van der Waals surface area (Å²) < 4.78 is 6.94. The van der Waals surface area contributed by atoms with E-state index in [-0.39, 0.29) is 5.91 Å². The van der Waals surface area contributed by atoms with Crippen LogP contribution in [-0.2, 0) is 6.42 Å². The first-order valence-electron chi connectivity index (χ1n) is 6.46. The zero-order valence-electron chi connectivity index (χ0n) is 11.0. The summed E-state index contributed by atoms with van der Waals surface area (Å²) in [7, 11) is 1.63. The minimum Gasteiger partial charge on any atom is -0.497 e. The summed E-state index contributed by atoms with van der Waals surface area (Å²) in [6.07, 6.45) is 0.375. The van der Waals surface area contributed by atoms with Crippen LogP contribution in [0, 0.1) is 0 Å². The second kappa shape index (κ2) is 3.93. The first-order valence-corrected chi connectivity index (χ1v) is 6.46. The third-order valence-corrected chi connectivity index (χ3v) is 3.71. The van der Waals surface area contributed by atoms with Crippen LogP contribution in [0.3, 0.4) is 0 Å². The summed E-state index contributed by atoms with van der Waals surface area (Å²) in [4.78, 5) is 17.0. The number of para-hydroxylation sites is 2. The molecule has 1 aliphatic heterocycles. The largest absolute Gasteiger partial charge is 0.497 e. The number of aromatic nitrogens is 2. The van der Waals surface area contributed by atoms with Crippen molar-refractivity contribution >= 4 is 16.9 Å². The lowest BCUT2D eigenvalue weighted by atomic mass is 10.00. The molecule has 4 rings (SSSR count). The van der Waals surface area contributed by atoms with Crippen LogP contribution in [-0.4, -0.2) is 22.6 Å². The van der Waals surface area contributed by atoms with Crippen molar-refractivity contribution in [1.29, 1.82) is 0 Å². The van der Waals surface area contributed by atoms with Gasteiger partial charge in [-0.2, -0.15) is 0 Å². The Bertz CT molecular complexity index is 849. The Morgan fingerprint density at radius 2 is 2.05 bits per heavy atom. The van der Waals surface area contributed by atoms with Gasteiger partial charge in [0.2, 0.25) is 5.91 Å². The Hall–Kier alpha value is -2.62. The third kappa shape index (κ3) is 1.42. The molecule has 3 aromatic rings. The molecule has 0 amide bonds. The maximum Gasteiger partial charge on any atom is 0.237 e. The van der Waals surface area contributed by atoms with Gasteiger partial charge in [-0.25, -0.2) is 4.98 Å². The van der Waals surface area contributed by atoms with Crippen molar-refractivity contribution in [2.45, 2.75) is 6.42 Å². The Balaban J connectivity index is 2.05. The van der Waals surface area contributed by atoms with Crippen molar-refractivity contribution in [3.63, 3.8) is 0 Å². The van der Waals surface area contributed by atoms with Gasteiger partial charge in [0, 0.05) is 5.56 Å². The molecule has 0 atom stereocenters. The number of ether oxygens (including phenoxy) is 1. The summed E-state index contributed by atoms with van der Waals surface area (Å²) in [5, 5.41) is 0. The predicted octanol–water partition coefficient (Wildman–Crippen LogP) is 2.91. The lowest BCUT2D eigenvalue weighted by Crippen LogP contribution is -2.20. The zero-order valence-corrected chi connectivity index (χ0v) is 11.0. The van der Waals surface area contributed by atoms with Crippen LogP contribution in [0.2, 0.25) is 0 Å². The molecular formula is C16H12N2O2. The zero-order chi connectivity index (χ0) is 13.7. The van der Waals surface area contributed by atoms with Gasteiger partial charge in [-0.05, 0) is 35.9 Å². The number of methoxy groups -OCH3 is 1. The van der Waals surface area contributed by atoms with E-state index in [1.54, 1.807) is 11.7 Å². The fourth-order valence-corrected chi connectivity index (χ4v) is 2.76. The Kier molecular flexibility index (Phi) is 2.21. The van der Waals surface area contributed by atoms with E-state index in [2.05, 4.69) is 4.98 Å². The SMILES string of the molecule is COc1ccc2c(c1)CC(=O)n1c-2nc2ccccc21. The van der Waals surface area contributed by atoms with Gasteiger partial charge in [-0.1, -0.05) is 12.1 Å². The van der Waals surface area contributed by atoms with Gasteiger partial charge in [0.25, 0.3) is 0 Å². The second-order valence-electron chi connectivity index (χ2n) is 4.85. The predicted molar refractivity (Wildman–Crippen MR) is 76.1 cm³/mol. The standard InChI is InChI=1S/C16H12N2O2/c1-20-11-6-7-12-10(8-11)9-15(19)18-14-5-3-2-4-13(14)17-16(12)18/h2-8H,9H2,1H3. The quantitative estimate of drug-likeness (QED) is 0.678. The molecule has 1 aliphatic rings. The van der Waals surface area contributed by atoms with Gasteiger partial charge >= 0.3 is 0 Å². The van der Waals surface area contributed by atoms with Crippen LogP contribution in [0.4, 0.5) is 0 Å². The van der Waals surface area contributed by atoms with Crippen LogP contribution in [0.25, 0.3) is 22.4 Å². The van der Waals surface area contributed by atoms with E-state index in [0.29, 0.717) is 6.42 Å². The number of carbonyl (C=O) groups is 1. The highest BCUT2D eigenvalue weighted by Crippen LogP contribution is 2.33. The number of carbonyl (C=O) groups excluding carboxylic acids is 1. The van der Waals surface area contributed by atoms with Crippen molar-refractivity contribution < 1.29 is 9.53 Å². The first-order chi connectivity index (χ1) is 9.78. The number of nitrogens with zero attached hydrogens (tertiary/aromatic N) is 2. The normalized spacial score (nSPS) is 13.2. The Morgan fingerprint density at radius 1 is 1.20 bits per heavy atom. The average molecular weight is 264 g/mol. The number of hydrogen-bond donors (Lipinski definition) is 0. The number of fused-ring (bicyclic) bond motifs is 5. The van der Waals surface area contributed by atoms with Crippen LogP contribution in [0.1, 0.15) is 10.4 Å². The topological polar surface area (TPSA) is 44.1 Å². The summed E-state index contributed by atoms with van der Waals surface area (Å²) >= 11 is 0. The maximum atomic E-state index is 12.4. The van der Waals surface area contributed by atoms with Crippen molar-refractivity contribution in [3.05, 3.63) is 48.0 Å². The highest BCUT2D eigenvalue weighted by molar-refractivity contribution is 5.99. The molecule has 98 valence electrons.